The minimum Gasteiger partial charge on any atom is -0.466 e. The topological polar surface area (TPSA) is 64.6 Å². The molecular formula is C16H21NO4. The van der Waals surface area contributed by atoms with E-state index in [2.05, 4.69) is 16.1 Å². The maximum absolute atomic E-state index is 11.5. The van der Waals surface area contributed by atoms with E-state index in [-0.39, 0.29) is 18.4 Å². The molecule has 0 spiro atoms. The molecule has 1 amide bonds. The van der Waals surface area contributed by atoms with Gasteiger partial charge in [0.15, 0.2) is 0 Å². The maximum Gasteiger partial charge on any atom is 0.407 e. The normalized spacial score (nSPS) is 16.8. The molecule has 1 aliphatic carbocycles. The van der Waals surface area contributed by atoms with E-state index in [9.17, 15) is 9.59 Å². The van der Waals surface area contributed by atoms with E-state index in [1.54, 1.807) is 6.92 Å². The number of hydrogen-bond acceptors (Lipinski definition) is 4. The van der Waals surface area contributed by atoms with Crippen LogP contribution in [0, 0.1) is 0 Å². The Morgan fingerprint density at radius 3 is 2.86 bits per heavy atom. The van der Waals surface area contributed by atoms with Gasteiger partial charge in [0.25, 0.3) is 0 Å². The third-order valence-electron chi connectivity index (χ3n) is 3.66. The second-order valence-corrected chi connectivity index (χ2v) is 5.16. The Bertz CT molecular complexity index is 527. The lowest BCUT2D eigenvalue weighted by atomic mass is 9.87. The molecule has 1 unspecified atom stereocenters. The van der Waals surface area contributed by atoms with E-state index in [1.807, 2.05) is 12.1 Å². The lowest BCUT2D eigenvalue weighted by molar-refractivity contribution is -0.142. The number of carbonyl (C=O) groups is 2. The minimum absolute atomic E-state index is 0.0859. The van der Waals surface area contributed by atoms with Crippen LogP contribution in [-0.4, -0.2) is 31.8 Å². The molecule has 1 aliphatic rings. The predicted molar refractivity (Wildman–Crippen MR) is 78.1 cm³/mol. The van der Waals surface area contributed by atoms with Crippen LogP contribution in [0.25, 0.3) is 0 Å². The molecule has 0 bridgehead atoms. The van der Waals surface area contributed by atoms with Gasteiger partial charge in [0.05, 0.1) is 20.1 Å². The summed E-state index contributed by atoms with van der Waals surface area (Å²) in [5, 5.41) is 2.84. The minimum atomic E-state index is -0.397. The second-order valence-electron chi connectivity index (χ2n) is 5.16. The van der Waals surface area contributed by atoms with Crippen molar-refractivity contribution < 1.29 is 19.1 Å². The third kappa shape index (κ3) is 4.21. The van der Waals surface area contributed by atoms with Crippen molar-refractivity contribution in [2.45, 2.75) is 38.6 Å². The highest BCUT2D eigenvalue weighted by Gasteiger charge is 2.21. The molecule has 0 aromatic heterocycles. The molecule has 1 N–H and O–H groups in total. The van der Waals surface area contributed by atoms with Gasteiger partial charge in [0, 0.05) is 6.04 Å². The average molecular weight is 291 g/mol. The molecule has 2 rings (SSSR count). The molecule has 0 saturated heterocycles. The molecule has 5 heteroatoms. The predicted octanol–water partition coefficient (Wildman–Crippen LogP) is 2.01. The summed E-state index contributed by atoms with van der Waals surface area (Å²) >= 11 is 0. The van der Waals surface area contributed by atoms with Crippen LogP contribution in [0.15, 0.2) is 18.2 Å². The van der Waals surface area contributed by atoms with Crippen molar-refractivity contribution in [3.8, 4) is 0 Å². The van der Waals surface area contributed by atoms with Crippen molar-refractivity contribution >= 4 is 12.1 Å². The third-order valence-corrected chi connectivity index (χ3v) is 3.66. The Labute approximate surface area is 124 Å². The van der Waals surface area contributed by atoms with Gasteiger partial charge in [-0.1, -0.05) is 18.2 Å². The Hall–Kier alpha value is -2.04. The van der Waals surface area contributed by atoms with E-state index in [0.717, 1.165) is 24.8 Å². The summed E-state index contributed by atoms with van der Waals surface area (Å²) in [6.45, 7) is 2.20. The van der Waals surface area contributed by atoms with Crippen LogP contribution < -0.4 is 5.32 Å². The lowest BCUT2D eigenvalue weighted by Gasteiger charge is -2.25. The fourth-order valence-electron chi connectivity index (χ4n) is 2.65. The lowest BCUT2D eigenvalue weighted by Crippen LogP contribution is -2.38. The van der Waals surface area contributed by atoms with E-state index in [1.165, 1.54) is 18.2 Å². The zero-order chi connectivity index (χ0) is 15.2. The molecular weight excluding hydrogens is 270 g/mol. The highest BCUT2D eigenvalue weighted by atomic mass is 16.5. The highest BCUT2D eigenvalue weighted by molar-refractivity contribution is 5.72. The Kier molecular flexibility index (Phi) is 5.20. The molecule has 114 valence electrons. The molecule has 1 atom stereocenters. The fraction of sp³-hybridized carbons (Fsp3) is 0.500. The van der Waals surface area contributed by atoms with Crippen LogP contribution in [0.2, 0.25) is 0 Å². The van der Waals surface area contributed by atoms with Crippen molar-refractivity contribution in [3.63, 3.8) is 0 Å². The molecule has 0 radical (unpaired) electrons. The highest BCUT2D eigenvalue weighted by Crippen LogP contribution is 2.23. The van der Waals surface area contributed by atoms with Crippen LogP contribution in [0.4, 0.5) is 4.79 Å². The number of rotatable bonds is 4. The number of esters is 1. The first-order chi connectivity index (χ1) is 10.1. The Balaban J connectivity index is 2.03. The summed E-state index contributed by atoms with van der Waals surface area (Å²) < 4.78 is 9.60. The van der Waals surface area contributed by atoms with Crippen molar-refractivity contribution in [2.75, 3.05) is 13.7 Å². The van der Waals surface area contributed by atoms with Gasteiger partial charge >= 0.3 is 12.1 Å². The standard InChI is InChI=1S/C16H21NO4/c1-3-21-15(18)9-11-4-5-12-6-7-14(10-13(12)8-11)17-16(19)20-2/h4-5,8,14H,3,6-7,9-10H2,1-2H3,(H,17,19). The smallest absolute Gasteiger partial charge is 0.407 e. The van der Waals surface area contributed by atoms with Crippen LogP contribution in [0.5, 0.6) is 0 Å². The average Bonchev–Trinajstić information content (AvgIpc) is 2.47. The van der Waals surface area contributed by atoms with Gasteiger partial charge < -0.3 is 14.8 Å². The number of amides is 1. The van der Waals surface area contributed by atoms with E-state index >= 15 is 0 Å². The van der Waals surface area contributed by atoms with Crippen LogP contribution in [0.1, 0.15) is 30.0 Å². The number of benzene rings is 1. The SMILES string of the molecule is CCOC(=O)Cc1ccc2c(c1)CC(NC(=O)OC)CC2. The first-order valence-corrected chi connectivity index (χ1v) is 7.23. The Morgan fingerprint density at radius 2 is 2.14 bits per heavy atom. The van der Waals surface area contributed by atoms with Crippen molar-refractivity contribution in [3.05, 3.63) is 34.9 Å². The number of ether oxygens (including phenoxy) is 2. The monoisotopic (exact) mass is 291 g/mol. The molecule has 0 saturated carbocycles. The number of fused-ring (bicyclic) bond motifs is 1. The summed E-state index contributed by atoms with van der Waals surface area (Å²) in [5.74, 6) is -0.211. The van der Waals surface area contributed by atoms with E-state index in [0.29, 0.717) is 6.61 Å². The molecule has 0 aliphatic heterocycles. The summed E-state index contributed by atoms with van der Waals surface area (Å²) in [4.78, 5) is 22.8. The second kappa shape index (κ2) is 7.11. The number of hydrogen-bond donors (Lipinski definition) is 1. The summed E-state index contributed by atoms with van der Waals surface area (Å²) in [6.07, 6.45) is 2.48. The number of aryl methyl sites for hydroxylation is 1. The zero-order valence-corrected chi connectivity index (χ0v) is 12.5. The molecule has 0 heterocycles. The van der Waals surface area contributed by atoms with E-state index < -0.39 is 6.09 Å². The summed E-state index contributed by atoms with van der Waals surface area (Å²) in [6, 6.07) is 6.17. The first kappa shape index (κ1) is 15.4. The van der Waals surface area contributed by atoms with Gasteiger partial charge in [-0.25, -0.2) is 4.79 Å². The van der Waals surface area contributed by atoms with Crippen molar-refractivity contribution in [1.29, 1.82) is 0 Å². The first-order valence-electron chi connectivity index (χ1n) is 7.23. The molecule has 1 aromatic rings. The molecule has 21 heavy (non-hydrogen) atoms. The van der Waals surface area contributed by atoms with Crippen molar-refractivity contribution in [2.24, 2.45) is 0 Å². The largest absolute Gasteiger partial charge is 0.466 e. The van der Waals surface area contributed by atoms with Crippen LogP contribution in [0.3, 0.4) is 0 Å². The zero-order valence-electron chi connectivity index (χ0n) is 12.5. The van der Waals surface area contributed by atoms with E-state index in [4.69, 9.17) is 4.74 Å². The van der Waals surface area contributed by atoms with Gasteiger partial charge in [-0.3, -0.25) is 4.79 Å². The van der Waals surface area contributed by atoms with Gasteiger partial charge in [-0.2, -0.15) is 0 Å². The number of nitrogens with one attached hydrogen (secondary N) is 1. The van der Waals surface area contributed by atoms with Gasteiger partial charge in [-0.15, -0.1) is 0 Å². The molecule has 1 aromatic carbocycles. The number of alkyl carbamates (subject to hydrolysis) is 1. The van der Waals surface area contributed by atoms with Crippen LogP contribution >= 0.6 is 0 Å². The molecule has 0 fully saturated rings. The number of carbonyl (C=O) groups excluding carboxylic acids is 2. The quantitative estimate of drug-likeness (QED) is 0.862. The van der Waals surface area contributed by atoms with Crippen molar-refractivity contribution in [1.82, 2.24) is 5.32 Å². The maximum atomic E-state index is 11.5. The number of methoxy groups -OCH3 is 1. The van der Waals surface area contributed by atoms with Gasteiger partial charge in [-0.05, 0) is 42.9 Å². The summed E-state index contributed by atoms with van der Waals surface area (Å²) in [5.41, 5.74) is 3.42. The fourth-order valence-corrected chi connectivity index (χ4v) is 2.65. The van der Waals surface area contributed by atoms with Crippen LogP contribution in [-0.2, 0) is 33.5 Å². The molecule has 5 nitrogen and oxygen atoms in total. The summed E-state index contributed by atoms with van der Waals surface area (Å²) in [7, 11) is 1.36. The van der Waals surface area contributed by atoms with Gasteiger partial charge in [0.2, 0.25) is 0 Å². The Morgan fingerprint density at radius 1 is 1.33 bits per heavy atom. The van der Waals surface area contributed by atoms with Gasteiger partial charge in [0.1, 0.15) is 0 Å².